The Hall–Kier alpha value is -1.10. The summed E-state index contributed by atoms with van der Waals surface area (Å²) in [6, 6.07) is 13.5. The Kier molecular flexibility index (Phi) is 6.03. The first kappa shape index (κ1) is 16.3. The first-order chi connectivity index (χ1) is 10.0. The first-order valence-corrected chi connectivity index (χ1v) is 8.05. The number of ether oxygens (including phenoxy) is 1. The number of allylic oxidation sites excluding steroid dienone is 1. The van der Waals surface area contributed by atoms with Crippen LogP contribution in [-0.2, 0) is 11.4 Å². The van der Waals surface area contributed by atoms with Crippen molar-refractivity contribution in [1.29, 1.82) is 0 Å². The molecule has 0 saturated carbocycles. The summed E-state index contributed by atoms with van der Waals surface area (Å²) in [4.78, 5) is 10.7. The number of hydrogen-bond donors (Lipinski definition) is 0. The third kappa shape index (κ3) is 5.30. The molecule has 2 nitrogen and oxygen atoms in total. The minimum atomic E-state index is -0.498. The highest BCUT2D eigenvalue weighted by Crippen LogP contribution is 2.27. The summed E-state index contributed by atoms with van der Waals surface area (Å²) in [5.74, 6) is 0.743. The van der Waals surface area contributed by atoms with Gasteiger partial charge in [-0.1, -0.05) is 40.2 Å². The van der Waals surface area contributed by atoms with Crippen LogP contribution in [0.4, 0.5) is 0 Å². The topological polar surface area (TPSA) is 26.3 Å². The van der Waals surface area contributed by atoms with Crippen molar-refractivity contribution < 1.29 is 9.53 Å². The van der Waals surface area contributed by atoms with Crippen molar-refractivity contribution in [2.24, 2.45) is 0 Å². The van der Waals surface area contributed by atoms with Crippen molar-refractivity contribution in [2.45, 2.75) is 6.61 Å². The van der Waals surface area contributed by atoms with Crippen LogP contribution >= 0.6 is 43.5 Å². The molecule has 0 radical (unpaired) electrons. The van der Waals surface area contributed by atoms with E-state index in [4.69, 9.17) is 16.3 Å². The van der Waals surface area contributed by atoms with Gasteiger partial charge >= 0.3 is 0 Å². The molecule has 2 rings (SSSR count). The number of rotatable bonds is 5. The van der Waals surface area contributed by atoms with E-state index in [0.29, 0.717) is 6.61 Å². The third-order valence-corrected chi connectivity index (χ3v) is 3.94. The molecular formula is C16H11Br2ClO2. The Balaban J connectivity index is 2.04. The summed E-state index contributed by atoms with van der Waals surface area (Å²) in [5, 5.41) is -0.498. The lowest BCUT2D eigenvalue weighted by molar-refractivity contribution is -0.107. The van der Waals surface area contributed by atoms with Crippen molar-refractivity contribution >= 4 is 54.8 Å². The lowest BCUT2D eigenvalue weighted by Crippen LogP contribution is -1.96. The van der Waals surface area contributed by atoms with Crippen LogP contribution in [0.1, 0.15) is 11.1 Å². The van der Waals surface area contributed by atoms with Gasteiger partial charge in [0.25, 0.3) is 0 Å². The fraction of sp³-hybridized carbons (Fsp3) is 0.0625. The van der Waals surface area contributed by atoms with E-state index in [1.165, 1.54) is 6.08 Å². The molecule has 21 heavy (non-hydrogen) atoms. The largest absolute Gasteiger partial charge is 0.488 e. The van der Waals surface area contributed by atoms with E-state index in [2.05, 4.69) is 31.9 Å². The fourth-order valence-electron chi connectivity index (χ4n) is 1.64. The molecule has 0 bridgehead atoms. The van der Waals surface area contributed by atoms with Gasteiger partial charge in [0.1, 0.15) is 12.4 Å². The molecule has 0 fully saturated rings. The lowest BCUT2D eigenvalue weighted by Gasteiger charge is -2.09. The second-order valence-electron chi connectivity index (χ2n) is 4.24. The SMILES string of the molecule is O=C(Cl)/C=C/c1ccc(OCc2ccc(Br)cc2)c(Br)c1. The Morgan fingerprint density at radius 2 is 1.86 bits per heavy atom. The summed E-state index contributed by atoms with van der Waals surface area (Å²) in [6.07, 6.45) is 2.96. The summed E-state index contributed by atoms with van der Waals surface area (Å²) in [6.45, 7) is 0.487. The molecular weight excluding hydrogens is 419 g/mol. The second kappa shape index (κ2) is 7.78. The van der Waals surface area contributed by atoms with Gasteiger partial charge in [0.15, 0.2) is 0 Å². The van der Waals surface area contributed by atoms with Gasteiger partial charge in [-0.3, -0.25) is 4.79 Å². The van der Waals surface area contributed by atoms with Crippen molar-refractivity contribution in [2.75, 3.05) is 0 Å². The van der Waals surface area contributed by atoms with Crippen LogP contribution in [0.25, 0.3) is 6.08 Å². The van der Waals surface area contributed by atoms with Crippen LogP contribution < -0.4 is 4.74 Å². The molecule has 108 valence electrons. The predicted octanol–water partition coefficient (Wildman–Crippen LogP) is 5.57. The average Bonchev–Trinajstić information content (AvgIpc) is 2.46. The van der Waals surface area contributed by atoms with Gasteiger partial charge < -0.3 is 4.74 Å². The van der Waals surface area contributed by atoms with E-state index in [-0.39, 0.29) is 0 Å². The molecule has 0 aromatic heterocycles. The number of halogens is 3. The molecule has 0 atom stereocenters. The maximum atomic E-state index is 10.7. The van der Waals surface area contributed by atoms with Crippen molar-refractivity contribution in [3.63, 3.8) is 0 Å². The van der Waals surface area contributed by atoms with Gasteiger partial charge in [0.05, 0.1) is 4.47 Å². The molecule has 5 heteroatoms. The van der Waals surface area contributed by atoms with E-state index in [1.54, 1.807) is 6.08 Å². The summed E-state index contributed by atoms with van der Waals surface area (Å²) >= 11 is 12.1. The van der Waals surface area contributed by atoms with Gasteiger partial charge in [-0.05, 0) is 69.0 Å². The quantitative estimate of drug-likeness (QED) is 0.458. The monoisotopic (exact) mass is 428 g/mol. The van der Waals surface area contributed by atoms with E-state index < -0.39 is 5.24 Å². The second-order valence-corrected chi connectivity index (χ2v) is 6.38. The molecule has 2 aromatic rings. The van der Waals surface area contributed by atoms with E-state index in [1.807, 2.05) is 42.5 Å². The normalized spacial score (nSPS) is 10.8. The number of benzene rings is 2. The molecule has 0 aliphatic heterocycles. The molecule has 2 aromatic carbocycles. The Bertz CT molecular complexity index is 666. The number of carbonyl (C=O) groups excluding carboxylic acids is 1. The zero-order valence-electron chi connectivity index (χ0n) is 10.9. The zero-order valence-corrected chi connectivity index (χ0v) is 14.8. The van der Waals surface area contributed by atoms with Crippen LogP contribution in [-0.4, -0.2) is 5.24 Å². The van der Waals surface area contributed by atoms with Crippen LogP contribution in [0.15, 0.2) is 57.5 Å². The smallest absolute Gasteiger partial charge is 0.245 e. The highest BCUT2D eigenvalue weighted by atomic mass is 79.9. The molecule has 0 aliphatic carbocycles. The van der Waals surface area contributed by atoms with Crippen molar-refractivity contribution in [1.82, 2.24) is 0 Å². The maximum Gasteiger partial charge on any atom is 0.245 e. The van der Waals surface area contributed by atoms with Crippen LogP contribution in [0, 0.1) is 0 Å². The third-order valence-electron chi connectivity index (χ3n) is 2.67. The summed E-state index contributed by atoms with van der Waals surface area (Å²) in [7, 11) is 0. The van der Waals surface area contributed by atoms with Crippen molar-refractivity contribution in [3.8, 4) is 5.75 Å². The summed E-state index contributed by atoms with van der Waals surface area (Å²) < 4.78 is 7.63. The van der Waals surface area contributed by atoms with Gasteiger partial charge in [-0.2, -0.15) is 0 Å². The van der Waals surface area contributed by atoms with E-state index in [0.717, 1.165) is 25.8 Å². The molecule has 0 aliphatic rings. The highest BCUT2D eigenvalue weighted by Gasteiger charge is 2.03. The van der Waals surface area contributed by atoms with Gasteiger partial charge in [-0.15, -0.1) is 0 Å². The van der Waals surface area contributed by atoms with Gasteiger partial charge in [0.2, 0.25) is 5.24 Å². The molecule has 0 heterocycles. The molecule has 0 amide bonds. The highest BCUT2D eigenvalue weighted by molar-refractivity contribution is 9.10. The first-order valence-electron chi connectivity index (χ1n) is 6.09. The molecule has 0 spiro atoms. The number of carbonyl (C=O) groups is 1. The maximum absolute atomic E-state index is 10.7. The van der Waals surface area contributed by atoms with Gasteiger partial charge in [0, 0.05) is 4.47 Å². The lowest BCUT2D eigenvalue weighted by atomic mass is 10.2. The molecule has 0 saturated heterocycles. The standard InChI is InChI=1S/C16H11Br2ClO2/c17-13-5-1-12(2-6-13)10-21-15-7-3-11(9-14(15)18)4-8-16(19)20/h1-9H,10H2/b8-4+. The van der Waals surface area contributed by atoms with E-state index in [9.17, 15) is 4.79 Å². The van der Waals surface area contributed by atoms with Gasteiger partial charge in [-0.25, -0.2) is 0 Å². The summed E-state index contributed by atoms with van der Waals surface area (Å²) in [5.41, 5.74) is 1.95. The Labute approximate surface area is 145 Å². The molecule has 0 N–H and O–H groups in total. The van der Waals surface area contributed by atoms with Crippen LogP contribution in [0.5, 0.6) is 5.75 Å². The Morgan fingerprint density at radius 3 is 2.48 bits per heavy atom. The van der Waals surface area contributed by atoms with Crippen molar-refractivity contribution in [3.05, 3.63) is 68.6 Å². The number of hydrogen-bond acceptors (Lipinski definition) is 2. The van der Waals surface area contributed by atoms with Crippen LogP contribution in [0.2, 0.25) is 0 Å². The zero-order chi connectivity index (χ0) is 15.2. The predicted molar refractivity (Wildman–Crippen MR) is 92.5 cm³/mol. The average molecular weight is 431 g/mol. The van der Waals surface area contributed by atoms with Crippen LogP contribution in [0.3, 0.4) is 0 Å². The minimum Gasteiger partial charge on any atom is -0.488 e. The fourth-order valence-corrected chi connectivity index (χ4v) is 2.48. The van der Waals surface area contributed by atoms with E-state index >= 15 is 0 Å². The Morgan fingerprint density at radius 1 is 1.14 bits per heavy atom. The minimum absolute atomic E-state index is 0.487. The molecule has 0 unspecified atom stereocenters.